The lowest BCUT2D eigenvalue weighted by molar-refractivity contribution is 0.0650. The van der Waals surface area contributed by atoms with Crippen LogP contribution in [0, 0.1) is 0 Å². The van der Waals surface area contributed by atoms with Gasteiger partial charge in [0.05, 0.1) is 5.69 Å². The Balaban J connectivity index is 2.21. The Morgan fingerprint density at radius 1 is 1.26 bits per heavy atom. The summed E-state index contributed by atoms with van der Waals surface area (Å²) in [5.74, 6) is 0.670. The van der Waals surface area contributed by atoms with Crippen LogP contribution in [0.5, 0.6) is 0 Å². The molecule has 126 valence electrons. The molecule has 2 aromatic rings. The van der Waals surface area contributed by atoms with Gasteiger partial charge in [-0.2, -0.15) is 0 Å². The third kappa shape index (κ3) is 4.41. The predicted octanol–water partition coefficient (Wildman–Crippen LogP) is 2.05. The Morgan fingerprint density at radius 2 is 1.91 bits per heavy atom. The van der Waals surface area contributed by atoms with Crippen molar-refractivity contribution in [1.82, 2.24) is 9.55 Å². The van der Waals surface area contributed by atoms with Crippen LogP contribution in [0.15, 0.2) is 30.5 Å². The molecule has 4 N–H and O–H groups in total. The Hall–Kier alpha value is -1.69. The molecule has 1 aromatic carbocycles. The summed E-state index contributed by atoms with van der Waals surface area (Å²) in [6.07, 6.45) is 3.33. The van der Waals surface area contributed by atoms with E-state index < -0.39 is 5.60 Å². The topological polar surface area (TPSA) is 84.3 Å². The summed E-state index contributed by atoms with van der Waals surface area (Å²) in [7, 11) is 0. The molecule has 23 heavy (non-hydrogen) atoms. The van der Waals surface area contributed by atoms with E-state index in [1.165, 1.54) is 0 Å². The minimum absolute atomic E-state index is 0.0214. The number of nitrogens with zero attached hydrogens (tertiary/aromatic N) is 2. The van der Waals surface area contributed by atoms with Crippen molar-refractivity contribution in [3.63, 3.8) is 0 Å². The number of aryl methyl sites for hydroxylation is 1. The number of rotatable bonds is 7. The average molecular weight is 317 g/mol. The SMILES string of the molecule is CCn1cc(-c2ccc(C[C@H](N)CCO)cc2)nc1C(C)(C)O. The molecule has 0 unspecified atom stereocenters. The first-order valence-corrected chi connectivity index (χ1v) is 8.11. The van der Waals surface area contributed by atoms with E-state index in [1.54, 1.807) is 13.8 Å². The molecule has 5 nitrogen and oxygen atoms in total. The molecule has 2 rings (SSSR count). The lowest BCUT2D eigenvalue weighted by Gasteiger charge is -2.17. The first-order valence-electron chi connectivity index (χ1n) is 8.11. The van der Waals surface area contributed by atoms with Crippen LogP contribution in [0.3, 0.4) is 0 Å². The van der Waals surface area contributed by atoms with Gasteiger partial charge in [0.25, 0.3) is 0 Å². The summed E-state index contributed by atoms with van der Waals surface area (Å²) in [5.41, 5.74) is 8.00. The standard InChI is InChI=1S/C18H27N3O2/c1-4-21-12-16(20-17(21)18(2,3)23)14-7-5-13(6-8-14)11-15(19)9-10-22/h5-8,12,15,22-23H,4,9-11,19H2,1-3H3/t15-/m1/s1. The Kier molecular flexibility index (Phi) is 5.57. The number of benzene rings is 1. The molecule has 0 radical (unpaired) electrons. The van der Waals surface area contributed by atoms with E-state index in [-0.39, 0.29) is 12.6 Å². The monoisotopic (exact) mass is 317 g/mol. The quantitative estimate of drug-likeness (QED) is 0.730. The summed E-state index contributed by atoms with van der Waals surface area (Å²) in [5, 5.41) is 19.2. The zero-order valence-electron chi connectivity index (χ0n) is 14.2. The zero-order valence-corrected chi connectivity index (χ0v) is 14.2. The fraction of sp³-hybridized carbons (Fsp3) is 0.500. The number of nitrogens with two attached hydrogens (primary N) is 1. The predicted molar refractivity (Wildman–Crippen MR) is 92.0 cm³/mol. The van der Waals surface area contributed by atoms with Crippen molar-refractivity contribution < 1.29 is 10.2 Å². The van der Waals surface area contributed by atoms with Gasteiger partial charge in [0.15, 0.2) is 0 Å². The van der Waals surface area contributed by atoms with Crippen LogP contribution in [0.4, 0.5) is 0 Å². The fourth-order valence-corrected chi connectivity index (χ4v) is 2.67. The van der Waals surface area contributed by atoms with Gasteiger partial charge in [-0.15, -0.1) is 0 Å². The number of aromatic nitrogens is 2. The maximum atomic E-state index is 10.2. The van der Waals surface area contributed by atoms with Gasteiger partial charge in [0, 0.05) is 31.0 Å². The van der Waals surface area contributed by atoms with E-state index in [4.69, 9.17) is 10.8 Å². The number of aliphatic hydroxyl groups is 2. The van der Waals surface area contributed by atoms with Crippen molar-refractivity contribution >= 4 is 0 Å². The average Bonchev–Trinajstić information content (AvgIpc) is 2.92. The minimum atomic E-state index is -0.967. The van der Waals surface area contributed by atoms with Crippen molar-refractivity contribution in [2.75, 3.05) is 6.61 Å². The molecule has 0 aliphatic rings. The van der Waals surface area contributed by atoms with E-state index in [9.17, 15) is 5.11 Å². The highest BCUT2D eigenvalue weighted by atomic mass is 16.3. The third-order valence-electron chi connectivity index (χ3n) is 3.91. The van der Waals surface area contributed by atoms with E-state index in [2.05, 4.69) is 4.98 Å². The molecule has 0 aliphatic carbocycles. The largest absolute Gasteiger partial charge is 0.396 e. The van der Waals surface area contributed by atoms with Gasteiger partial charge >= 0.3 is 0 Å². The normalized spacial score (nSPS) is 13.3. The summed E-state index contributed by atoms with van der Waals surface area (Å²) in [6, 6.07) is 8.12. The minimum Gasteiger partial charge on any atom is -0.396 e. The molecule has 0 aliphatic heterocycles. The molecule has 1 atom stereocenters. The van der Waals surface area contributed by atoms with Crippen LogP contribution in [0.1, 0.15) is 38.6 Å². The lowest BCUT2D eigenvalue weighted by atomic mass is 10.0. The number of hydrogen-bond acceptors (Lipinski definition) is 4. The van der Waals surface area contributed by atoms with Crippen LogP contribution < -0.4 is 5.73 Å². The van der Waals surface area contributed by atoms with E-state index in [0.717, 1.165) is 29.8 Å². The van der Waals surface area contributed by atoms with Crippen molar-refractivity contribution in [2.45, 2.75) is 51.8 Å². The molecule has 0 spiro atoms. The maximum absolute atomic E-state index is 10.2. The van der Waals surface area contributed by atoms with Gasteiger partial charge in [0.1, 0.15) is 11.4 Å². The van der Waals surface area contributed by atoms with Crippen molar-refractivity contribution in [1.29, 1.82) is 0 Å². The molecule has 1 heterocycles. The summed E-state index contributed by atoms with van der Waals surface area (Å²) >= 11 is 0. The second kappa shape index (κ2) is 7.25. The zero-order chi connectivity index (χ0) is 17.0. The third-order valence-corrected chi connectivity index (χ3v) is 3.91. The molecule has 0 saturated heterocycles. The highest BCUT2D eigenvalue weighted by Gasteiger charge is 2.23. The summed E-state index contributed by atoms with van der Waals surface area (Å²) in [6.45, 7) is 6.41. The second-order valence-electron chi connectivity index (χ2n) is 6.47. The van der Waals surface area contributed by atoms with Crippen molar-refractivity contribution in [2.24, 2.45) is 5.73 Å². The maximum Gasteiger partial charge on any atom is 0.140 e. The smallest absolute Gasteiger partial charge is 0.140 e. The number of hydrogen-bond donors (Lipinski definition) is 3. The van der Waals surface area contributed by atoms with E-state index in [1.807, 2.05) is 42.0 Å². The Labute approximate surface area is 137 Å². The highest BCUT2D eigenvalue weighted by molar-refractivity contribution is 5.59. The molecule has 1 aromatic heterocycles. The molecular formula is C18H27N3O2. The van der Waals surface area contributed by atoms with Gasteiger partial charge in [0.2, 0.25) is 0 Å². The van der Waals surface area contributed by atoms with Crippen molar-refractivity contribution in [3.8, 4) is 11.3 Å². The molecular weight excluding hydrogens is 290 g/mol. The van der Waals surface area contributed by atoms with Crippen LogP contribution in [-0.2, 0) is 18.6 Å². The summed E-state index contributed by atoms with van der Waals surface area (Å²) in [4.78, 5) is 4.60. The van der Waals surface area contributed by atoms with Gasteiger partial charge in [-0.1, -0.05) is 24.3 Å². The Morgan fingerprint density at radius 3 is 2.39 bits per heavy atom. The first kappa shape index (κ1) is 17.7. The highest BCUT2D eigenvalue weighted by Crippen LogP contribution is 2.25. The van der Waals surface area contributed by atoms with Crippen LogP contribution in [-0.4, -0.2) is 32.4 Å². The lowest BCUT2D eigenvalue weighted by Crippen LogP contribution is -2.23. The second-order valence-corrected chi connectivity index (χ2v) is 6.47. The molecule has 0 bridgehead atoms. The van der Waals surface area contributed by atoms with Crippen LogP contribution in [0.25, 0.3) is 11.3 Å². The van der Waals surface area contributed by atoms with Crippen LogP contribution >= 0.6 is 0 Å². The van der Waals surface area contributed by atoms with Gasteiger partial charge in [-0.3, -0.25) is 0 Å². The van der Waals surface area contributed by atoms with Crippen LogP contribution in [0.2, 0.25) is 0 Å². The summed E-state index contributed by atoms with van der Waals surface area (Å²) < 4.78 is 1.97. The van der Waals surface area contributed by atoms with Gasteiger partial charge in [-0.05, 0) is 39.2 Å². The van der Waals surface area contributed by atoms with E-state index in [0.29, 0.717) is 12.2 Å². The Bertz CT molecular complexity index is 627. The molecule has 0 fully saturated rings. The van der Waals surface area contributed by atoms with Gasteiger partial charge in [-0.25, -0.2) is 4.98 Å². The van der Waals surface area contributed by atoms with E-state index >= 15 is 0 Å². The molecule has 5 heteroatoms. The molecule has 0 saturated carbocycles. The number of imidazole rings is 1. The first-order chi connectivity index (χ1) is 10.8. The van der Waals surface area contributed by atoms with Crippen molar-refractivity contribution in [3.05, 3.63) is 41.9 Å². The molecule has 0 amide bonds. The number of aliphatic hydroxyl groups excluding tert-OH is 1. The fourth-order valence-electron chi connectivity index (χ4n) is 2.67. The van der Waals surface area contributed by atoms with Gasteiger partial charge < -0.3 is 20.5 Å².